The summed E-state index contributed by atoms with van der Waals surface area (Å²) in [5, 5.41) is 24.6. The first kappa shape index (κ1) is 21.3. The minimum Gasteiger partial charge on any atom is -0.393 e. The number of fused-ring (bicyclic) bond motifs is 2. The van der Waals surface area contributed by atoms with Gasteiger partial charge in [-0.15, -0.1) is 0 Å². The molecule has 170 valence electrons. The van der Waals surface area contributed by atoms with E-state index in [0.717, 1.165) is 55.2 Å². The number of nitrogens with one attached hydrogen (secondary N) is 3. The van der Waals surface area contributed by atoms with E-state index in [0.29, 0.717) is 24.9 Å². The van der Waals surface area contributed by atoms with E-state index in [9.17, 15) is 5.11 Å². The summed E-state index contributed by atoms with van der Waals surface area (Å²) in [6, 6.07) is 6.50. The van der Waals surface area contributed by atoms with Crippen LogP contribution < -0.4 is 15.5 Å². The Morgan fingerprint density at radius 3 is 2.81 bits per heavy atom. The van der Waals surface area contributed by atoms with E-state index in [1.54, 1.807) is 0 Å². The molecule has 0 spiro atoms. The zero-order valence-corrected chi connectivity index (χ0v) is 18.8. The maximum absolute atomic E-state index is 9.80. The average Bonchev–Trinajstić information content (AvgIpc) is 3.40. The lowest BCUT2D eigenvalue weighted by atomic mass is 9.86. The summed E-state index contributed by atoms with van der Waals surface area (Å²) in [7, 11) is 0. The minimum absolute atomic E-state index is 0.0285. The maximum Gasteiger partial charge on any atom is 0.136 e. The van der Waals surface area contributed by atoms with Crippen molar-refractivity contribution in [2.75, 3.05) is 43.1 Å². The lowest BCUT2D eigenvalue weighted by Gasteiger charge is -2.32. The molecule has 0 radical (unpaired) electrons. The summed E-state index contributed by atoms with van der Waals surface area (Å²) < 4.78 is 5.83. The predicted molar refractivity (Wildman–Crippen MR) is 125 cm³/mol. The number of ether oxygens (including phenoxy) is 1. The summed E-state index contributed by atoms with van der Waals surface area (Å²) in [6.45, 7) is 7.41. The predicted octanol–water partition coefficient (Wildman–Crippen LogP) is 2.64. The lowest BCUT2D eigenvalue weighted by molar-refractivity contribution is -0.0375. The highest BCUT2D eigenvalue weighted by Crippen LogP contribution is 2.40. The number of anilines is 3. The number of aliphatic hydroxyl groups excluding tert-OH is 1. The van der Waals surface area contributed by atoms with Gasteiger partial charge < -0.3 is 30.8 Å². The van der Waals surface area contributed by atoms with Gasteiger partial charge in [0.15, 0.2) is 0 Å². The van der Waals surface area contributed by atoms with Crippen LogP contribution in [0.3, 0.4) is 0 Å². The molecule has 0 saturated carbocycles. The van der Waals surface area contributed by atoms with Crippen molar-refractivity contribution in [1.29, 1.82) is 5.41 Å². The van der Waals surface area contributed by atoms with E-state index in [1.807, 2.05) is 13.0 Å². The zero-order valence-electron chi connectivity index (χ0n) is 18.8. The first-order valence-corrected chi connectivity index (χ1v) is 11.5. The summed E-state index contributed by atoms with van der Waals surface area (Å²) in [6.07, 6.45) is 4.49. The van der Waals surface area contributed by atoms with Gasteiger partial charge in [0.05, 0.1) is 25.8 Å². The van der Waals surface area contributed by atoms with Crippen LogP contribution in [0, 0.1) is 19.3 Å². The second kappa shape index (κ2) is 8.42. The third kappa shape index (κ3) is 3.87. The Labute approximate surface area is 188 Å². The summed E-state index contributed by atoms with van der Waals surface area (Å²) >= 11 is 0. The van der Waals surface area contributed by atoms with E-state index in [2.05, 4.69) is 44.6 Å². The van der Waals surface area contributed by atoms with Crippen LogP contribution in [0.15, 0.2) is 18.2 Å². The first-order valence-electron chi connectivity index (χ1n) is 11.5. The van der Waals surface area contributed by atoms with E-state index in [-0.39, 0.29) is 12.6 Å². The molecule has 8 nitrogen and oxygen atoms in total. The number of aromatic nitrogens is 2. The van der Waals surface area contributed by atoms with Gasteiger partial charge in [-0.1, -0.05) is 0 Å². The highest BCUT2D eigenvalue weighted by molar-refractivity contribution is 5.88. The Morgan fingerprint density at radius 1 is 1.28 bits per heavy atom. The monoisotopic (exact) mass is 436 g/mol. The number of morpholine rings is 1. The quantitative estimate of drug-likeness (QED) is 0.516. The molecule has 4 N–H and O–H groups in total. The fraction of sp³-hybridized carbons (Fsp3) is 0.542. The highest BCUT2D eigenvalue weighted by atomic mass is 16.5. The zero-order chi connectivity index (χ0) is 22.3. The van der Waals surface area contributed by atoms with Crippen LogP contribution in [0.2, 0.25) is 0 Å². The van der Waals surface area contributed by atoms with E-state index in [4.69, 9.17) is 10.1 Å². The maximum atomic E-state index is 9.80. The third-order valence-corrected chi connectivity index (χ3v) is 7.13. The molecular weight excluding hydrogens is 404 g/mol. The van der Waals surface area contributed by atoms with Crippen LogP contribution in [0.25, 0.3) is 0 Å². The molecule has 4 heterocycles. The first-order chi connectivity index (χ1) is 15.5. The number of aryl methyl sites for hydroxylation is 2. The van der Waals surface area contributed by atoms with Gasteiger partial charge in [0.2, 0.25) is 0 Å². The standard InChI is InChI=1S/C24H32N6O2/c1-15-7-18(11-25)21(8-20(15)17-3-5-26-6-4-17)29-22-9-23(28-16(2)27-22)30-13-24(14-31)10-19(30)12-32-24/h7-9,11,17,19,25-26,31H,3-6,10,12-14H2,1-2H3,(H,27,28,29). The Morgan fingerprint density at radius 2 is 2.09 bits per heavy atom. The van der Waals surface area contributed by atoms with Gasteiger partial charge in [0.1, 0.15) is 23.1 Å². The largest absolute Gasteiger partial charge is 0.393 e. The number of nitrogens with zero attached hydrogens (tertiary/aromatic N) is 3. The minimum atomic E-state index is -0.467. The molecule has 3 aliphatic rings. The van der Waals surface area contributed by atoms with Crippen molar-refractivity contribution < 1.29 is 9.84 Å². The Hall–Kier alpha value is -2.55. The molecule has 1 aromatic carbocycles. The number of aliphatic hydroxyl groups is 1. The van der Waals surface area contributed by atoms with Crippen LogP contribution >= 0.6 is 0 Å². The molecule has 2 unspecified atom stereocenters. The molecule has 5 rings (SSSR count). The highest BCUT2D eigenvalue weighted by Gasteiger charge is 2.51. The lowest BCUT2D eigenvalue weighted by Crippen LogP contribution is -2.45. The van der Waals surface area contributed by atoms with Gasteiger partial charge in [-0.25, -0.2) is 9.97 Å². The van der Waals surface area contributed by atoms with Gasteiger partial charge >= 0.3 is 0 Å². The molecule has 2 aromatic rings. The molecule has 0 amide bonds. The number of piperidine rings is 1. The SMILES string of the molecule is Cc1nc(Nc2cc(C3CCNCC3)c(C)cc2C=N)cc(N2CC3(CO)CC2CO3)n1. The number of hydrogen-bond donors (Lipinski definition) is 4. The van der Waals surface area contributed by atoms with Crippen molar-refractivity contribution in [2.24, 2.45) is 0 Å². The van der Waals surface area contributed by atoms with Gasteiger partial charge in [-0.3, -0.25) is 0 Å². The number of benzene rings is 1. The second-order valence-electron chi connectivity index (χ2n) is 9.39. The fourth-order valence-electron chi connectivity index (χ4n) is 5.45. The Bertz CT molecular complexity index is 1020. The van der Waals surface area contributed by atoms with Gasteiger partial charge in [0.25, 0.3) is 0 Å². The normalized spacial score (nSPS) is 25.3. The molecule has 32 heavy (non-hydrogen) atoms. The van der Waals surface area contributed by atoms with Gasteiger partial charge in [0, 0.05) is 30.0 Å². The third-order valence-electron chi connectivity index (χ3n) is 7.13. The van der Waals surface area contributed by atoms with E-state index in [1.165, 1.54) is 17.3 Å². The molecule has 2 atom stereocenters. The van der Waals surface area contributed by atoms with Gasteiger partial charge in [-0.05, 0) is 69.0 Å². The summed E-state index contributed by atoms with van der Waals surface area (Å²) in [5.41, 5.74) is 3.88. The Kier molecular flexibility index (Phi) is 5.61. The van der Waals surface area contributed by atoms with E-state index >= 15 is 0 Å². The molecule has 3 fully saturated rings. The van der Waals surface area contributed by atoms with Crippen molar-refractivity contribution in [3.8, 4) is 0 Å². The second-order valence-corrected chi connectivity index (χ2v) is 9.39. The van der Waals surface area contributed by atoms with Crippen LogP contribution in [0.5, 0.6) is 0 Å². The van der Waals surface area contributed by atoms with Crippen LogP contribution in [-0.4, -0.2) is 65.8 Å². The molecule has 0 aliphatic carbocycles. The molecule has 3 aliphatic heterocycles. The number of hydrogen-bond acceptors (Lipinski definition) is 8. The van der Waals surface area contributed by atoms with Crippen molar-refractivity contribution in [2.45, 2.75) is 50.7 Å². The van der Waals surface area contributed by atoms with Crippen LogP contribution in [0.4, 0.5) is 17.3 Å². The molecule has 8 heteroatoms. The summed E-state index contributed by atoms with van der Waals surface area (Å²) in [5.74, 6) is 2.80. The van der Waals surface area contributed by atoms with Crippen molar-refractivity contribution in [1.82, 2.24) is 15.3 Å². The smallest absolute Gasteiger partial charge is 0.136 e. The van der Waals surface area contributed by atoms with Crippen molar-refractivity contribution in [3.05, 3.63) is 40.7 Å². The van der Waals surface area contributed by atoms with Crippen molar-refractivity contribution in [3.63, 3.8) is 0 Å². The number of rotatable bonds is 6. The average molecular weight is 437 g/mol. The fourth-order valence-corrected chi connectivity index (χ4v) is 5.45. The van der Waals surface area contributed by atoms with Crippen LogP contribution in [-0.2, 0) is 4.74 Å². The molecular formula is C24H32N6O2. The van der Waals surface area contributed by atoms with Crippen molar-refractivity contribution >= 4 is 23.5 Å². The van der Waals surface area contributed by atoms with Gasteiger partial charge in [-0.2, -0.15) is 0 Å². The molecule has 1 aromatic heterocycles. The molecule has 2 bridgehead atoms. The topological polar surface area (TPSA) is 106 Å². The Balaban J connectivity index is 1.44. The molecule has 3 saturated heterocycles. The van der Waals surface area contributed by atoms with Crippen LogP contribution in [0.1, 0.15) is 47.7 Å². The van der Waals surface area contributed by atoms with E-state index < -0.39 is 5.60 Å². The summed E-state index contributed by atoms with van der Waals surface area (Å²) in [4.78, 5) is 11.5.